The summed E-state index contributed by atoms with van der Waals surface area (Å²) >= 11 is 0. The lowest BCUT2D eigenvalue weighted by molar-refractivity contribution is 0.134. The van der Waals surface area contributed by atoms with Crippen molar-refractivity contribution in [2.75, 3.05) is 6.54 Å². The Morgan fingerprint density at radius 2 is 2.40 bits per heavy atom. The Morgan fingerprint density at radius 1 is 1.70 bits per heavy atom. The first-order valence-corrected chi connectivity index (χ1v) is 4.17. The maximum absolute atomic E-state index is 9.43. The van der Waals surface area contributed by atoms with E-state index < -0.39 is 0 Å². The van der Waals surface area contributed by atoms with Crippen LogP contribution in [0.4, 0.5) is 0 Å². The average Bonchev–Trinajstić information content (AvgIpc) is 2.34. The summed E-state index contributed by atoms with van der Waals surface area (Å²) in [5.41, 5.74) is 0. The van der Waals surface area contributed by atoms with Gasteiger partial charge in [-0.15, -0.1) is 0 Å². The lowest BCUT2D eigenvalue weighted by Crippen LogP contribution is -2.36. The zero-order valence-corrected chi connectivity index (χ0v) is 6.80. The molecule has 0 radical (unpaired) electrons. The fourth-order valence-electron chi connectivity index (χ4n) is 1.55. The van der Waals surface area contributed by atoms with Gasteiger partial charge in [-0.05, 0) is 18.9 Å². The topological polar surface area (TPSA) is 32.3 Å². The van der Waals surface area contributed by atoms with Gasteiger partial charge in [0, 0.05) is 6.04 Å². The van der Waals surface area contributed by atoms with E-state index in [0.29, 0.717) is 12.0 Å². The van der Waals surface area contributed by atoms with Crippen LogP contribution in [0.1, 0.15) is 26.7 Å². The Morgan fingerprint density at radius 3 is 2.80 bits per heavy atom. The first-order chi connectivity index (χ1) is 4.75. The summed E-state index contributed by atoms with van der Waals surface area (Å²) in [4.78, 5) is 0. The minimum absolute atomic E-state index is 0.102. The Balaban J connectivity index is 2.38. The van der Waals surface area contributed by atoms with Gasteiger partial charge in [-0.3, -0.25) is 0 Å². The molecule has 0 aliphatic carbocycles. The summed E-state index contributed by atoms with van der Waals surface area (Å²) in [6.45, 7) is 5.33. The van der Waals surface area contributed by atoms with Gasteiger partial charge in [-0.2, -0.15) is 0 Å². The quantitative estimate of drug-likeness (QED) is 0.598. The molecule has 0 aromatic rings. The molecule has 1 aliphatic heterocycles. The molecule has 1 heterocycles. The summed E-state index contributed by atoms with van der Waals surface area (Å²) in [5, 5.41) is 12.7. The summed E-state index contributed by atoms with van der Waals surface area (Å²) in [7, 11) is 0. The van der Waals surface area contributed by atoms with Gasteiger partial charge in [-0.1, -0.05) is 20.3 Å². The van der Waals surface area contributed by atoms with Crippen LogP contribution in [0.3, 0.4) is 0 Å². The third-order valence-electron chi connectivity index (χ3n) is 2.49. The monoisotopic (exact) mass is 143 g/mol. The van der Waals surface area contributed by atoms with Gasteiger partial charge in [0.15, 0.2) is 0 Å². The highest BCUT2D eigenvalue weighted by Crippen LogP contribution is 2.17. The van der Waals surface area contributed by atoms with Gasteiger partial charge in [0.2, 0.25) is 0 Å². The first kappa shape index (κ1) is 8.02. The van der Waals surface area contributed by atoms with Gasteiger partial charge < -0.3 is 10.4 Å². The molecular weight excluding hydrogens is 126 g/mol. The summed E-state index contributed by atoms with van der Waals surface area (Å²) in [5.74, 6) is 0.609. The van der Waals surface area contributed by atoms with Crippen molar-refractivity contribution in [1.82, 2.24) is 5.32 Å². The standard InChI is InChI=1S/C8H17NO/c1-3-6(2)8-7(10)4-5-9-8/h6-10H,3-5H2,1-2H3/t6-,7?,8-/m0/s1. The molecule has 0 aromatic heterocycles. The second-order valence-electron chi connectivity index (χ2n) is 3.22. The van der Waals surface area contributed by atoms with Crippen LogP contribution >= 0.6 is 0 Å². The van der Waals surface area contributed by atoms with Gasteiger partial charge in [0.1, 0.15) is 0 Å². The van der Waals surface area contributed by atoms with Crippen LogP contribution in [-0.4, -0.2) is 23.8 Å². The lowest BCUT2D eigenvalue weighted by atomic mass is 9.96. The van der Waals surface area contributed by atoms with E-state index >= 15 is 0 Å². The van der Waals surface area contributed by atoms with Crippen LogP contribution in [0.25, 0.3) is 0 Å². The van der Waals surface area contributed by atoms with Crippen molar-refractivity contribution in [3.63, 3.8) is 0 Å². The second-order valence-corrected chi connectivity index (χ2v) is 3.22. The smallest absolute Gasteiger partial charge is 0.0707 e. The number of hydrogen-bond acceptors (Lipinski definition) is 2. The van der Waals surface area contributed by atoms with Crippen molar-refractivity contribution in [1.29, 1.82) is 0 Å². The number of nitrogens with one attached hydrogen (secondary N) is 1. The SMILES string of the molecule is CC[C@H](C)[C@@H]1NCCC1O. The van der Waals surface area contributed by atoms with E-state index in [1.54, 1.807) is 0 Å². The molecule has 2 N–H and O–H groups in total. The molecule has 3 atom stereocenters. The Hall–Kier alpha value is -0.0800. The highest BCUT2D eigenvalue weighted by atomic mass is 16.3. The van der Waals surface area contributed by atoms with Crippen LogP contribution in [-0.2, 0) is 0 Å². The largest absolute Gasteiger partial charge is 0.391 e. The fraction of sp³-hybridized carbons (Fsp3) is 1.00. The first-order valence-electron chi connectivity index (χ1n) is 4.17. The summed E-state index contributed by atoms with van der Waals surface area (Å²) in [6, 6.07) is 0.352. The maximum atomic E-state index is 9.43. The Labute approximate surface area is 62.6 Å². The molecule has 1 saturated heterocycles. The molecule has 10 heavy (non-hydrogen) atoms. The predicted octanol–water partition coefficient (Wildman–Crippen LogP) is 0.755. The molecule has 0 aromatic carbocycles. The number of aliphatic hydroxyl groups excluding tert-OH is 1. The molecule has 2 nitrogen and oxygen atoms in total. The van der Waals surface area contributed by atoms with E-state index in [4.69, 9.17) is 0 Å². The van der Waals surface area contributed by atoms with E-state index in [9.17, 15) is 5.11 Å². The summed E-state index contributed by atoms with van der Waals surface area (Å²) < 4.78 is 0. The van der Waals surface area contributed by atoms with Crippen molar-refractivity contribution >= 4 is 0 Å². The minimum atomic E-state index is -0.102. The third kappa shape index (κ3) is 1.50. The Bertz CT molecular complexity index is 105. The van der Waals surface area contributed by atoms with Crippen molar-refractivity contribution in [3.05, 3.63) is 0 Å². The lowest BCUT2D eigenvalue weighted by Gasteiger charge is -2.20. The molecule has 2 heteroatoms. The second kappa shape index (κ2) is 3.35. The van der Waals surface area contributed by atoms with Crippen LogP contribution < -0.4 is 5.32 Å². The van der Waals surface area contributed by atoms with E-state index in [-0.39, 0.29) is 6.10 Å². The number of aliphatic hydroxyl groups is 1. The van der Waals surface area contributed by atoms with Crippen molar-refractivity contribution < 1.29 is 5.11 Å². The van der Waals surface area contributed by atoms with E-state index in [1.165, 1.54) is 0 Å². The fourth-order valence-corrected chi connectivity index (χ4v) is 1.55. The number of hydrogen-bond donors (Lipinski definition) is 2. The number of rotatable bonds is 2. The molecule has 0 saturated carbocycles. The average molecular weight is 143 g/mol. The molecule has 0 amide bonds. The van der Waals surface area contributed by atoms with Crippen LogP contribution in [0.15, 0.2) is 0 Å². The van der Waals surface area contributed by atoms with Gasteiger partial charge in [0.05, 0.1) is 6.10 Å². The molecule has 1 fully saturated rings. The molecule has 0 bridgehead atoms. The maximum Gasteiger partial charge on any atom is 0.0707 e. The van der Waals surface area contributed by atoms with E-state index in [2.05, 4.69) is 19.2 Å². The highest BCUT2D eigenvalue weighted by Gasteiger charge is 2.27. The van der Waals surface area contributed by atoms with Gasteiger partial charge in [-0.25, -0.2) is 0 Å². The van der Waals surface area contributed by atoms with Gasteiger partial charge in [0.25, 0.3) is 0 Å². The van der Waals surface area contributed by atoms with Gasteiger partial charge >= 0.3 is 0 Å². The zero-order valence-electron chi connectivity index (χ0n) is 6.80. The van der Waals surface area contributed by atoms with E-state index in [0.717, 1.165) is 19.4 Å². The summed E-state index contributed by atoms with van der Waals surface area (Å²) in [6.07, 6.45) is 1.97. The van der Waals surface area contributed by atoms with Crippen LogP contribution in [0, 0.1) is 5.92 Å². The van der Waals surface area contributed by atoms with E-state index in [1.807, 2.05) is 0 Å². The molecule has 1 unspecified atom stereocenters. The van der Waals surface area contributed by atoms with Crippen molar-refractivity contribution in [2.24, 2.45) is 5.92 Å². The molecular formula is C8H17NO. The van der Waals surface area contributed by atoms with Crippen molar-refractivity contribution in [2.45, 2.75) is 38.8 Å². The Kier molecular flexibility index (Phi) is 2.69. The molecule has 0 spiro atoms. The van der Waals surface area contributed by atoms with Crippen molar-refractivity contribution in [3.8, 4) is 0 Å². The minimum Gasteiger partial charge on any atom is -0.391 e. The molecule has 1 rings (SSSR count). The van der Waals surface area contributed by atoms with Crippen LogP contribution in [0.2, 0.25) is 0 Å². The van der Waals surface area contributed by atoms with Crippen LogP contribution in [0.5, 0.6) is 0 Å². The highest BCUT2D eigenvalue weighted by molar-refractivity contribution is 4.86. The third-order valence-corrected chi connectivity index (χ3v) is 2.49. The zero-order chi connectivity index (χ0) is 7.56. The normalized spacial score (nSPS) is 36.3. The molecule has 60 valence electrons. The predicted molar refractivity (Wildman–Crippen MR) is 41.9 cm³/mol. The molecule has 1 aliphatic rings.